The first kappa shape index (κ1) is 28.2. The molecule has 1 N–H and O–H groups in total. The monoisotopic (exact) mass is 553 g/mol. The average molecular weight is 554 g/mol. The Labute approximate surface area is 240 Å². The van der Waals surface area contributed by atoms with E-state index < -0.39 is 11.9 Å². The van der Waals surface area contributed by atoms with Crippen LogP contribution in [0.2, 0.25) is 0 Å². The molecule has 5 rings (SSSR count). The predicted octanol–water partition coefficient (Wildman–Crippen LogP) is 5.83. The van der Waals surface area contributed by atoms with Gasteiger partial charge in [-0.05, 0) is 48.1 Å². The van der Waals surface area contributed by atoms with E-state index in [1.165, 1.54) is 0 Å². The minimum Gasteiger partial charge on any atom is -0.493 e. The fourth-order valence-electron chi connectivity index (χ4n) is 5.62. The van der Waals surface area contributed by atoms with Crippen LogP contribution in [0.3, 0.4) is 0 Å². The standard InChI is InChI=1S/C34H35NO6/c1-22-31(34(37)40-17-16-38-2)32(33-27(35-22)18-26(19-28(33)36)24-12-8-5-9-13-24)25-14-15-29(30(20-25)39-3)41-21-23-10-6-4-7-11-23/h4-15,20,26,32,35H,16-19,21H2,1-3H3/t26-,32-/m1/s1. The number of esters is 1. The van der Waals surface area contributed by atoms with Crippen molar-refractivity contribution >= 4 is 11.8 Å². The number of allylic oxidation sites excluding steroid dienone is 3. The molecule has 1 heterocycles. The van der Waals surface area contributed by atoms with Gasteiger partial charge >= 0.3 is 5.97 Å². The number of rotatable bonds is 10. The van der Waals surface area contributed by atoms with Gasteiger partial charge in [0.05, 0.1) is 19.3 Å². The molecule has 0 saturated heterocycles. The number of benzene rings is 3. The maximum atomic E-state index is 13.9. The summed E-state index contributed by atoms with van der Waals surface area (Å²) in [5.74, 6) is 0.0756. The number of hydrogen-bond acceptors (Lipinski definition) is 7. The van der Waals surface area contributed by atoms with Crippen LogP contribution in [-0.2, 0) is 25.7 Å². The van der Waals surface area contributed by atoms with Crippen molar-refractivity contribution < 1.29 is 28.5 Å². The van der Waals surface area contributed by atoms with E-state index in [1.807, 2.05) is 73.7 Å². The number of carbonyl (C=O) groups is 2. The van der Waals surface area contributed by atoms with E-state index in [1.54, 1.807) is 14.2 Å². The highest BCUT2D eigenvalue weighted by atomic mass is 16.6. The molecule has 7 heteroatoms. The molecule has 212 valence electrons. The Hall–Kier alpha value is -4.36. The van der Waals surface area contributed by atoms with Crippen LogP contribution < -0.4 is 14.8 Å². The van der Waals surface area contributed by atoms with Crippen LogP contribution in [0.4, 0.5) is 0 Å². The summed E-state index contributed by atoms with van der Waals surface area (Å²) in [6.07, 6.45) is 1.03. The first-order valence-corrected chi connectivity index (χ1v) is 13.8. The average Bonchev–Trinajstić information content (AvgIpc) is 3.00. The highest BCUT2D eigenvalue weighted by Gasteiger charge is 2.41. The molecule has 3 aromatic carbocycles. The summed E-state index contributed by atoms with van der Waals surface area (Å²) in [4.78, 5) is 27.3. The molecule has 1 aliphatic carbocycles. The van der Waals surface area contributed by atoms with Crippen LogP contribution >= 0.6 is 0 Å². The lowest BCUT2D eigenvalue weighted by molar-refractivity contribution is -0.140. The summed E-state index contributed by atoms with van der Waals surface area (Å²) >= 11 is 0. The molecule has 0 saturated carbocycles. The SMILES string of the molecule is COCCOC(=O)C1=C(C)NC2=C(C(=O)C[C@H](c3ccccc3)C2)[C@@H]1c1ccc(OCc2ccccc2)c(OC)c1. The van der Waals surface area contributed by atoms with Crippen molar-refractivity contribution in [3.63, 3.8) is 0 Å². The Morgan fingerprint density at radius 3 is 2.32 bits per heavy atom. The molecule has 0 fully saturated rings. The number of hydrogen-bond donors (Lipinski definition) is 1. The zero-order chi connectivity index (χ0) is 28.8. The van der Waals surface area contributed by atoms with Crippen LogP contribution in [0.1, 0.15) is 48.3 Å². The van der Waals surface area contributed by atoms with Gasteiger partial charge < -0.3 is 24.3 Å². The normalized spacial score (nSPS) is 18.5. The van der Waals surface area contributed by atoms with Gasteiger partial charge in [-0.3, -0.25) is 4.79 Å². The first-order chi connectivity index (χ1) is 20.0. The Bertz CT molecular complexity index is 1460. The molecule has 41 heavy (non-hydrogen) atoms. The highest BCUT2D eigenvalue weighted by Crippen LogP contribution is 2.47. The summed E-state index contributed by atoms with van der Waals surface area (Å²) < 4.78 is 22.4. The van der Waals surface area contributed by atoms with Crippen molar-refractivity contribution in [2.24, 2.45) is 0 Å². The van der Waals surface area contributed by atoms with Crippen molar-refractivity contribution in [2.75, 3.05) is 27.4 Å². The van der Waals surface area contributed by atoms with Gasteiger partial charge in [-0.25, -0.2) is 4.79 Å². The second-order valence-electron chi connectivity index (χ2n) is 10.2. The predicted molar refractivity (Wildman–Crippen MR) is 156 cm³/mol. The maximum Gasteiger partial charge on any atom is 0.336 e. The highest BCUT2D eigenvalue weighted by molar-refractivity contribution is 6.04. The number of ether oxygens (including phenoxy) is 4. The van der Waals surface area contributed by atoms with Crippen molar-refractivity contribution in [3.8, 4) is 11.5 Å². The second kappa shape index (κ2) is 12.9. The van der Waals surface area contributed by atoms with Gasteiger partial charge in [-0.1, -0.05) is 66.7 Å². The number of nitrogens with one attached hydrogen (secondary N) is 1. The molecule has 2 aliphatic rings. The van der Waals surface area contributed by atoms with Crippen molar-refractivity contribution in [3.05, 3.63) is 118 Å². The quantitative estimate of drug-likeness (QED) is 0.250. The number of carbonyl (C=O) groups excluding carboxylic acids is 2. The van der Waals surface area contributed by atoms with E-state index in [0.717, 1.165) is 22.4 Å². The van der Waals surface area contributed by atoms with Crippen LogP contribution in [0, 0.1) is 0 Å². The number of methoxy groups -OCH3 is 2. The fourth-order valence-corrected chi connectivity index (χ4v) is 5.62. The first-order valence-electron chi connectivity index (χ1n) is 13.8. The molecular formula is C34H35NO6. The Morgan fingerprint density at radius 2 is 1.61 bits per heavy atom. The van der Waals surface area contributed by atoms with Gasteiger partial charge in [0.25, 0.3) is 0 Å². The molecule has 2 atom stereocenters. The van der Waals surface area contributed by atoms with Gasteiger partial charge in [0.1, 0.15) is 13.2 Å². The van der Waals surface area contributed by atoms with Gasteiger partial charge in [0, 0.05) is 36.4 Å². The summed E-state index contributed by atoms with van der Waals surface area (Å²) in [6, 6.07) is 25.6. The van der Waals surface area contributed by atoms with Crippen LogP contribution in [0.5, 0.6) is 11.5 Å². The lowest BCUT2D eigenvalue weighted by atomic mass is 9.71. The molecule has 0 radical (unpaired) electrons. The van der Waals surface area contributed by atoms with E-state index in [2.05, 4.69) is 17.4 Å². The molecule has 0 bridgehead atoms. The van der Waals surface area contributed by atoms with E-state index in [0.29, 0.717) is 47.8 Å². The van der Waals surface area contributed by atoms with Gasteiger partial charge in [-0.15, -0.1) is 0 Å². The third-order valence-electron chi connectivity index (χ3n) is 7.60. The Morgan fingerprint density at radius 1 is 0.878 bits per heavy atom. The summed E-state index contributed by atoms with van der Waals surface area (Å²) in [5.41, 5.74) is 5.43. The zero-order valence-corrected chi connectivity index (χ0v) is 23.6. The minimum atomic E-state index is -0.609. The molecule has 7 nitrogen and oxygen atoms in total. The Kier molecular flexibility index (Phi) is 8.85. The van der Waals surface area contributed by atoms with Crippen LogP contribution in [0.25, 0.3) is 0 Å². The van der Waals surface area contributed by atoms with E-state index >= 15 is 0 Å². The number of Topliss-reactive ketones (excluding diaryl/α,β-unsaturated/α-hetero) is 1. The smallest absolute Gasteiger partial charge is 0.336 e. The van der Waals surface area contributed by atoms with E-state index in [-0.39, 0.29) is 24.9 Å². The molecule has 0 aromatic heterocycles. The van der Waals surface area contributed by atoms with Gasteiger partial charge in [0.2, 0.25) is 0 Å². The summed E-state index contributed by atoms with van der Waals surface area (Å²) in [5, 5.41) is 3.40. The molecule has 0 spiro atoms. The largest absolute Gasteiger partial charge is 0.493 e. The maximum absolute atomic E-state index is 13.9. The topological polar surface area (TPSA) is 83.1 Å². The molecule has 3 aromatic rings. The van der Waals surface area contributed by atoms with Crippen molar-refractivity contribution in [1.82, 2.24) is 5.32 Å². The van der Waals surface area contributed by atoms with Crippen LogP contribution in [0.15, 0.2) is 101 Å². The lowest BCUT2D eigenvalue weighted by Crippen LogP contribution is -2.36. The Balaban J connectivity index is 1.52. The van der Waals surface area contributed by atoms with Crippen molar-refractivity contribution in [2.45, 2.75) is 38.2 Å². The minimum absolute atomic E-state index is 0.00988. The van der Waals surface area contributed by atoms with Crippen molar-refractivity contribution in [1.29, 1.82) is 0 Å². The van der Waals surface area contributed by atoms with Crippen LogP contribution in [-0.4, -0.2) is 39.2 Å². The summed E-state index contributed by atoms with van der Waals surface area (Å²) in [6.45, 7) is 2.64. The molecule has 0 unspecified atom stereocenters. The van der Waals surface area contributed by atoms with Gasteiger partial charge in [0.15, 0.2) is 17.3 Å². The fraction of sp³-hybridized carbons (Fsp3) is 0.294. The molecule has 0 amide bonds. The second-order valence-corrected chi connectivity index (χ2v) is 10.2. The van der Waals surface area contributed by atoms with E-state index in [9.17, 15) is 9.59 Å². The lowest BCUT2D eigenvalue weighted by Gasteiger charge is -2.36. The van der Waals surface area contributed by atoms with E-state index in [4.69, 9.17) is 18.9 Å². The molecule has 1 aliphatic heterocycles. The summed E-state index contributed by atoms with van der Waals surface area (Å²) in [7, 11) is 3.14. The third kappa shape index (κ3) is 6.20. The van der Waals surface area contributed by atoms with Gasteiger partial charge in [-0.2, -0.15) is 0 Å². The third-order valence-corrected chi connectivity index (χ3v) is 7.60. The zero-order valence-electron chi connectivity index (χ0n) is 23.6. The molecular weight excluding hydrogens is 518 g/mol. The number of ketones is 1. The number of dihydropyridines is 1.